The second-order valence-corrected chi connectivity index (χ2v) is 11.0. The van der Waals surface area contributed by atoms with Gasteiger partial charge in [-0.1, -0.05) is 23.7 Å². The van der Waals surface area contributed by atoms with Crippen LogP contribution in [0.3, 0.4) is 0 Å². The molecule has 2 amide bonds. The minimum Gasteiger partial charge on any atom is -0.497 e. The summed E-state index contributed by atoms with van der Waals surface area (Å²) in [6, 6.07) is 8.01. The number of rotatable bonds is 10. The molecular weight excluding hydrogens is 535 g/mol. The molecule has 37 heavy (non-hydrogen) atoms. The monoisotopic (exact) mass is 563 g/mol. The van der Waals surface area contributed by atoms with Gasteiger partial charge >= 0.3 is 6.18 Å². The number of carbonyl (C=O) groups excluding carboxylic acids is 2. The van der Waals surface area contributed by atoms with E-state index in [9.17, 15) is 31.2 Å². The van der Waals surface area contributed by atoms with Crippen molar-refractivity contribution in [2.24, 2.45) is 0 Å². The second kappa shape index (κ2) is 12.0. The van der Waals surface area contributed by atoms with Crippen molar-refractivity contribution in [2.75, 3.05) is 24.2 Å². The van der Waals surface area contributed by atoms with Gasteiger partial charge in [-0.15, -0.1) is 0 Å². The molecule has 0 aliphatic heterocycles. The first kappa shape index (κ1) is 30.2. The van der Waals surface area contributed by atoms with Crippen molar-refractivity contribution in [3.63, 3.8) is 0 Å². The lowest BCUT2D eigenvalue weighted by molar-refractivity contribution is -0.139. The van der Waals surface area contributed by atoms with Crippen LogP contribution in [0, 0.1) is 0 Å². The highest BCUT2D eigenvalue weighted by atomic mass is 35.5. The Hall–Kier alpha value is -2.99. The van der Waals surface area contributed by atoms with Crippen molar-refractivity contribution in [1.82, 2.24) is 10.2 Å². The average Bonchev–Trinajstić information content (AvgIpc) is 2.79. The minimum atomic E-state index is -4.85. The summed E-state index contributed by atoms with van der Waals surface area (Å²) in [5.41, 5.74) is -1.05. The summed E-state index contributed by atoms with van der Waals surface area (Å²) in [6.45, 7) is 4.02. The fraction of sp³-hybridized carbons (Fsp3) is 0.417. The summed E-state index contributed by atoms with van der Waals surface area (Å²) in [5, 5.41) is 2.09. The number of hydrogen-bond acceptors (Lipinski definition) is 5. The van der Waals surface area contributed by atoms with Gasteiger partial charge in [0.1, 0.15) is 18.3 Å². The summed E-state index contributed by atoms with van der Waals surface area (Å²) in [6.07, 6.45) is -4.08. The molecule has 2 aromatic carbocycles. The average molecular weight is 564 g/mol. The highest BCUT2D eigenvalue weighted by molar-refractivity contribution is 7.92. The lowest BCUT2D eigenvalue weighted by Crippen LogP contribution is -2.52. The summed E-state index contributed by atoms with van der Waals surface area (Å²) < 4.78 is 71.1. The van der Waals surface area contributed by atoms with Crippen LogP contribution in [0.2, 0.25) is 5.02 Å². The Morgan fingerprint density at radius 1 is 1.11 bits per heavy atom. The summed E-state index contributed by atoms with van der Waals surface area (Å²) in [4.78, 5) is 27.4. The van der Waals surface area contributed by atoms with Gasteiger partial charge < -0.3 is 15.0 Å². The lowest BCUT2D eigenvalue weighted by Gasteiger charge is -2.32. The molecule has 0 aromatic heterocycles. The van der Waals surface area contributed by atoms with E-state index in [1.165, 1.54) is 14.0 Å². The molecule has 2 rings (SSSR count). The molecule has 2 aromatic rings. The zero-order valence-corrected chi connectivity index (χ0v) is 22.5. The number of nitrogens with one attached hydrogen (secondary N) is 1. The first-order valence-electron chi connectivity index (χ1n) is 11.1. The zero-order valence-electron chi connectivity index (χ0n) is 21.0. The van der Waals surface area contributed by atoms with Gasteiger partial charge in [-0.05, 0) is 56.7 Å². The number of benzene rings is 2. The first-order chi connectivity index (χ1) is 17.0. The SMILES string of the molecule is COc1cccc(CN(C(=O)CN(c2ccc(Cl)c(C(F)(F)F)c2)S(C)(=O)=O)[C@@H](C)C(=O)NC(C)C)c1. The third-order valence-electron chi connectivity index (χ3n) is 5.31. The molecule has 13 heteroatoms. The molecule has 1 N–H and O–H groups in total. The third kappa shape index (κ3) is 8.26. The normalized spacial score (nSPS) is 12.7. The lowest BCUT2D eigenvalue weighted by atomic mass is 10.1. The van der Waals surface area contributed by atoms with Crippen LogP contribution in [0.25, 0.3) is 0 Å². The number of alkyl halides is 3. The maximum absolute atomic E-state index is 13.5. The van der Waals surface area contributed by atoms with E-state index in [2.05, 4.69) is 5.32 Å². The maximum Gasteiger partial charge on any atom is 0.417 e. The molecule has 0 aliphatic carbocycles. The topological polar surface area (TPSA) is 96.0 Å². The second-order valence-electron chi connectivity index (χ2n) is 8.64. The van der Waals surface area contributed by atoms with Crippen LogP contribution in [0.15, 0.2) is 42.5 Å². The largest absolute Gasteiger partial charge is 0.497 e. The number of sulfonamides is 1. The highest BCUT2D eigenvalue weighted by Gasteiger charge is 2.35. The molecule has 0 radical (unpaired) electrons. The van der Waals surface area contributed by atoms with Crippen molar-refractivity contribution >= 4 is 39.1 Å². The van der Waals surface area contributed by atoms with Crippen LogP contribution < -0.4 is 14.4 Å². The van der Waals surface area contributed by atoms with Gasteiger partial charge in [0.2, 0.25) is 21.8 Å². The number of methoxy groups -OCH3 is 1. The van der Waals surface area contributed by atoms with Crippen molar-refractivity contribution in [1.29, 1.82) is 0 Å². The predicted octanol–water partition coefficient (Wildman–Crippen LogP) is 4.08. The number of nitrogens with zero attached hydrogens (tertiary/aromatic N) is 2. The minimum absolute atomic E-state index is 0.0886. The fourth-order valence-electron chi connectivity index (χ4n) is 3.45. The van der Waals surface area contributed by atoms with Crippen molar-refractivity contribution < 1.29 is 35.9 Å². The Labute approximate surface area is 219 Å². The van der Waals surface area contributed by atoms with Gasteiger partial charge in [0.25, 0.3) is 0 Å². The molecule has 0 saturated carbocycles. The number of anilines is 1. The Kier molecular flexibility index (Phi) is 9.84. The molecule has 0 spiro atoms. The standard InChI is InChI=1S/C24H29ClF3N3O5S/c1-15(2)29-23(33)16(3)30(13-17-7-6-8-19(11-17)36-4)22(32)14-31(37(5,34)35)18-9-10-21(25)20(12-18)24(26,27)28/h6-12,15-16H,13-14H2,1-5H3,(H,29,33)/t16-/m0/s1. The Bertz CT molecular complexity index is 1240. The summed E-state index contributed by atoms with van der Waals surface area (Å²) in [5.74, 6) is -0.783. The van der Waals surface area contributed by atoms with E-state index in [1.54, 1.807) is 38.1 Å². The van der Waals surface area contributed by atoms with E-state index in [0.717, 1.165) is 23.3 Å². The fourth-order valence-corrected chi connectivity index (χ4v) is 4.52. The Balaban J connectivity index is 2.49. The first-order valence-corrected chi connectivity index (χ1v) is 13.3. The third-order valence-corrected chi connectivity index (χ3v) is 6.78. The van der Waals surface area contributed by atoms with Gasteiger partial charge in [-0.2, -0.15) is 13.2 Å². The molecule has 0 saturated heterocycles. The smallest absolute Gasteiger partial charge is 0.417 e. The predicted molar refractivity (Wildman–Crippen MR) is 135 cm³/mol. The van der Waals surface area contributed by atoms with Crippen molar-refractivity contribution in [3.05, 3.63) is 58.6 Å². The highest BCUT2D eigenvalue weighted by Crippen LogP contribution is 2.37. The molecule has 0 fully saturated rings. The molecular formula is C24H29ClF3N3O5S. The van der Waals surface area contributed by atoms with E-state index in [-0.39, 0.29) is 12.6 Å². The summed E-state index contributed by atoms with van der Waals surface area (Å²) >= 11 is 5.67. The molecule has 0 heterocycles. The number of ether oxygens (including phenoxy) is 1. The van der Waals surface area contributed by atoms with E-state index < -0.39 is 56.9 Å². The van der Waals surface area contributed by atoms with Crippen LogP contribution in [0.1, 0.15) is 31.9 Å². The molecule has 204 valence electrons. The van der Waals surface area contributed by atoms with E-state index >= 15 is 0 Å². The maximum atomic E-state index is 13.5. The quantitative estimate of drug-likeness (QED) is 0.470. The molecule has 0 aliphatic rings. The molecule has 1 atom stereocenters. The van der Waals surface area contributed by atoms with Gasteiger partial charge in [-0.25, -0.2) is 8.42 Å². The number of amides is 2. The van der Waals surface area contributed by atoms with Gasteiger partial charge in [-0.3, -0.25) is 13.9 Å². The van der Waals surface area contributed by atoms with Gasteiger partial charge in [0, 0.05) is 12.6 Å². The molecule has 8 nitrogen and oxygen atoms in total. The molecule has 0 bridgehead atoms. The number of hydrogen-bond donors (Lipinski definition) is 1. The van der Waals surface area contributed by atoms with Gasteiger partial charge in [0.15, 0.2) is 0 Å². The Morgan fingerprint density at radius 3 is 2.30 bits per heavy atom. The molecule has 0 unspecified atom stereocenters. The van der Waals surface area contributed by atoms with Crippen LogP contribution in [-0.4, -0.2) is 57.1 Å². The van der Waals surface area contributed by atoms with Crippen LogP contribution >= 0.6 is 11.6 Å². The summed E-state index contributed by atoms with van der Waals surface area (Å²) in [7, 11) is -2.75. The zero-order chi connectivity index (χ0) is 28.1. The van der Waals surface area contributed by atoms with Gasteiger partial charge in [0.05, 0.1) is 29.6 Å². The van der Waals surface area contributed by atoms with Crippen LogP contribution in [0.5, 0.6) is 5.75 Å². The van der Waals surface area contributed by atoms with Crippen molar-refractivity contribution in [2.45, 2.75) is 45.6 Å². The number of halogens is 4. The Morgan fingerprint density at radius 2 is 1.76 bits per heavy atom. The van der Waals surface area contributed by atoms with Crippen LogP contribution in [0.4, 0.5) is 18.9 Å². The van der Waals surface area contributed by atoms with E-state index in [0.29, 0.717) is 21.7 Å². The van der Waals surface area contributed by atoms with Crippen LogP contribution in [-0.2, 0) is 32.3 Å². The van der Waals surface area contributed by atoms with E-state index in [1.807, 2.05) is 0 Å². The van der Waals surface area contributed by atoms with Crippen molar-refractivity contribution in [3.8, 4) is 5.75 Å². The number of carbonyl (C=O) groups is 2. The van der Waals surface area contributed by atoms with E-state index in [4.69, 9.17) is 16.3 Å².